The molecule has 1 aromatic carbocycles. The quantitative estimate of drug-likeness (QED) is 0.785. The average molecular weight is 216 g/mol. The van der Waals surface area contributed by atoms with Gasteiger partial charge < -0.3 is 10.1 Å². The molecular formula is C13H16N2O. The van der Waals surface area contributed by atoms with Crippen molar-refractivity contribution in [3.8, 4) is 11.8 Å². The van der Waals surface area contributed by atoms with E-state index in [1.807, 2.05) is 13.0 Å². The third-order valence-electron chi connectivity index (χ3n) is 2.89. The molecule has 2 atom stereocenters. The lowest BCUT2D eigenvalue weighted by molar-refractivity contribution is 0.227. The lowest BCUT2D eigenvalue weighted by Gasteiger charge is -2.29. The predicted octanol–water partition coefficient (Wildman–Crippen LogP) is 2.89. The van der Waals surface area contributed by atoms with Crippen LogP contribution < -0.4 is 10.1 Å². The van der Waals surface area contributed by atoms with Crippen LogP contribution in [0.5, 0.6) is 5.75 Å². The van der Waals surface area contributed by atoms with Gasteiger partial charge in [0, 0.05) is 0 Å². The minimum atomic E-state index is -0.405. The van der Waals surface area contributed by atoms with E-state index >= 15 is 0 Å². The second-order valence-electron chi connectivity index (χ2n) is 4.51. The minimum Gasteiger partial charge on any atom is -0.471 e. The Morgan fingerprint density at radius 2 is 2.19 bits per heavy atom. The van der Waals surface area contributed by atoms with E-state index in [9.17, 15) is 0 Å². The summed E-state index contributed by atoms with van der Waals surface area (Å²) in [6.45, 7) is 6.28. The number of anilines is 1. The molecule has 0 aromatic heterocycles. The number of nitrogens with zero attached hydrogens (tertiary/aromatic N) is 1. The lowest BCUT2D eigenvalue weighted by Crippen LogP contribution is -2.38. The van der Waals surface area contributed by atoms with Gasteiger partial charge in [-0.2, -0.15) is 5.26 Å². The van der Waals surface area contributed by atoms with E-state index in [2.05, 4.69) is 37.4 Å². The van der Waals surface area contributed by atoms with Gasteiger partial charge in [-0.15, -0.1) is 0 Å². The first kappa shape index (κ1) is 10.8. The van der Waals surface area contributed by atoms with E-state index < -0.39 is 6.10 Å². The van der Waals surface area contributed by atoms with Crippen molar-refractivity contribution >= 4 is 5.69 Å². The molecule has 0 saturated heterocycles. The van der Waals surface area contributed by atoms with E-state index in [0.717, 1.165) is 11.4 Å². The molecule has 2 rings (SSSR count). The molecule has 0 amide bonds. The molecule has 0 radical (unpaired) electrons. The predicted molar refractivity (Wildman–Crippen MR) is 63.6 cm³/mol. The summed E-state index contributed by atoms with van der Waals surface area (Å²) in [6.07, 6.45) is -0.405. The molecule has 1 aromatic rings. The molecule has 0 aliphatic carbocycles. The molecule has 0 saturated carbocycles. The van der Waals surface area contributed by atoms with Crippen LogP contribution in [0, 0.1) is 11.3 Å². The summed E-state index contributed by atoms with van der Waals surface area (Å²) in [4.78, 5) is 0. The standard InChI is InChI=1S/C13H16N2O/c1-8(2)10-4-5-12-11(6-10)15-9(3)13(7-14)16-12/h4-6,8-9,13,15H,1-3H3. The second kappa shape index (κ2) is 4.05. The fraction of sp³-hybridized carbons (Fsp3) is 0.462. The van der Waals surface area contributed by atoms with E-state index in [1.165, 1.54) is 5.56 Å². The largest absolute Gasteiger partial charge is 0.471 e. The Bertz CT molecular complexity index is 434. The molecule has 1 N–H and O–H groups in total. The molecule has 0 fully saturated rings. The first-order chi connectivity index (χ1) is 7.61. The smallest absolute Gasteiger partial charge is 0.204 e. The van der Waals surface area contributed by atoms with Gasteiger partial charge in [-0.25, -0.2) is 0 Å². The number of rotatable bonds is 1. The van der Waals surface area contributed by atoms with Crippen LogP contribution in [-0.2, 0) is 0 Å². The molecule has 3 nitrogen and oxygen atoms in total. The maximum absolute atomic E-state index is 8.91. The van der Waals surface area contributed by atoms with Crippen molar-refractivity contribution in [2.75, 3.05) is 5.32 Å². The maximum atomic E-state index is 8.91. The fourth-order valence-corrected chi connectivity index (χ4v) is 1.82. The van der Waals surface area contributed by atoms with Crippen molar-refractivity contribution in [1.29, 1.82) is 5.26 Å². The van der Waals surface area contributed by atoms with E-state index in [0.29, 0.717) is 5.92 Å². The van der Waals surface area contributed by atoms with Crippen LogP contribution in [0.15, 0.2) is 18.2 Å². The van der Waals surface area contributed by atoms with Gasteiger partial charge in [-0.1, -0.05) is 19.9 Å². The summed E-state index contributed by atoms with van der Waals surface area (Å²) in [5, 5.41) is 12.2. The van der Waals surface area contributed by atoms with Crippen molar-refractivity contribution in [2.45, 2.75) is 38.8 Å². The summed E-state index contributed by atoms with van der Waals surface area (Å²) in [5.74, 6) is 1.27. The first-order valence-corrected chi connectivity index (χ1v) is 5.58. The number of nitriles is 1. The summed E-state index contributed by atoms with van der Waals surface area (Å²) in [5.41, 5.74) is 2.27. The summed E-state index contributed by atoms with van der Waals surface area (Å²) >= 11 is 0. The van der Waals surface area contributed by atoms with Gasteiger partial charge in [0.1, 0.15) is 11.8 Å². The summed E-state index contributed by atoms with van der Waals surface area (Å²) < 4.78 is 5.60. The van der Waals surface area contributed by atoms with Crippen LogP contribution in [0.2, 0.25) is 0 Å². The van der Waals surface area contributed by atoms with Crippen LogP contribution in [-0.4, -0.2) is 12.1 Å². The zero-order chi connectivity index (χ0) is 11.7. The Balaban J connectivity index is 2.33. The molecule has 0 spiro atoms. The van der Waals surface area contributed by atoms with Gasteiger partial charge in [-0.05, 0) is 30.5 Å². The van der Waals surface area contributed by atoms with Crippen LogP contribution in [0.25, 0.3) is 0 Å². The molecule has 1 aliphatic rings. The number of fused-ring (bicyclic) bond motifs is 1. The zero-order valence-corrected chi connectivity index (χ0v) is 9.82. The molecule has 1 aliphatic heterocycles. The van der Waals surface area contributed by atoms with E-state index in [-0.39, 0.29) is 6.04 Å². The molecule has 84 valence electrons. The Morgan fingerprint density at radius 3 is 2.81 bits per heavy atom. The number of hydrogen-bond donors (Lipinski definition) is 1. The van der Waals surface area contributed by atoms with Gasteiger partial charge in [0.25, 0.3) is 0 Å². The minimum absolute atomic E-state index is 0.0277. The Morgan fingerprint density at radius 1 is 1.44 bits per heavy atom. The van der Waals surface area contributed by atoms with Crippen LogP contribution >= 0.6 is 0 Å². The maximum Gasteiger partial charge on any atom is 0.204 e. The molecule has 1 heterocycles. The molecule has 2 unspecified atom stereocenters. The van der Waals surface area contributed by atoms with Crippen LogP contribution in [0.1, 0.15) is 32.3 Å². The highest BCUT2D eigenvalue weighted by atomic mass is 16.5. The van der Waals surface area contributed by atoms with Gasteiger partial charge in [0.2, 0.25) is 6.10 Å². The Hall–Kier alpha value is -1.69. The van der Waals surface area contributed by atoms with Crippen LogP contribution in [0.4, 0.5) is 5.69 Å². The average Bonchev–Trinajstić information content (AvgIpc) is 2.27. The van der Waals surface area contributed by atoms with E-state index in [4.69, 9.17) is 10.00 Å². The normalized spacial score (nSPS) is 22.9. The third kappa shape index (κ3) is 1.83. The number of hydrogen-bond acceptors (Lipinski definition) is 3. The van der Waals surface area contributed by atoms with Gasteiger partial charge >= 0.3 is 0 Å². The number of nitrogens with one attached hydrogen (secondary N) is 1. The summed E-state index contributed by atoms with van der Waals surface area (Å²) in [6, 6.07) is 8.27. The lowest BCUT2D eigenvalue weighted by atomic mass is 10.0. The fourth-order valence-electron chi connectivity index (χ4n) is 1.82. The topological polar surface area (TPSA) is 45.0 Å². The SMILES string of the molecule is CC(C)c1ccc2c(c1)NC(C)C(C#N)O2. The zero-order valence-electron chi connectivity index (χ0n) is 9.82. The molecular weight excluding hydrogens is 200 g/mol. The Kier molecular flexibility index (Phi) is 2.74. The highest BCUT2D eigenvalue weighted by molar-refractivity contribution is 5.61. The molecule has 0 bridgehead atoms. The number of ether oxygens (including phenoxy) is 1. The summed E-state index contributed by atoms with van der Waals surface area (Å²) in [7, 11) is 0. The van der Waals surface area contributed by atoms with Gasteiger partial charge in [0.15, 0.2) is 0 Å². The van der Waals surface area contributed by atoms with Crippen molar-refractivity contribution in [1.82, 2.24) is 0 Å². The second-order valence-corrected chi connectivity index (χ2v) is 4.51. The third-order valence-corrected chi connectivity index (χ3v) is 2.89. The molecule has 3 heteroatoms. The Labute approximate surface area is 96.0 Å². The van der Waals surface area contributed by atoms with Crippen molar-refractivity contribution in [3.63, 3.8) is 0 Å². The van der Waals surface area contributed by atoms with E-state index in [1.54, 1.807) is 0 Å². The monoisotopic (exact) mass is 216 g/mol. The highest BCUT2D eigenvalue weighted by Gasteiger charge is 2.25. The van der Waals surface area contributed by atoms with Gasteiger partial charge in [-0.3, -0.25) is 0 Å². The van der Waals surface area contributed by atoms with Crippen molar-refractivity contribution in [2.24, 2.45) is 0 Å². The van der Waals surface area contributed by atoms with Crippen molar-refractivity contribution < 1.29 is 4.74 Å². The van der Waals surface area contributed by atoms with Crippen molar-refractivity contribution in [3.05, 3.63) is 23.8 Å². The highest BCUT2D eigenvalue weighted by Crippen LogP contribution is 2.33. The molecule has 16 heavy (non-hydrogen) atoms. The first-order valence-electron chi connectivity index (χ1n) is 5.58. The number of benzene rings is 1. The van der Waals surface area contributed by atoms with Crippen LogP contribution in [0.3, 0.4) is 0 Å². The van der Waals surface area contributed by atoms with Gasteiger partial charge in [0.05, 0.1) is 11.7 Å².